The second kappa shape index (κ2) is 11.6. The van der Waals surface area contributed by atoms with Crippen LogP contribution in [-0.2, 0) is 6.54 Å². The van der Waals surface area contributed by atoms with E-state index in [0.717, 1.165) is 54.0 Å². The number of carboxylic acid groups (broad SMARTS) is 2. The van der Waals surface area contributed by atoms with Crippen molar-refractivity contribution in [2.75, 3.05) is 0 Å². The van der Waals surface area contributed by atoms with E-state index < -0.39 is 23.5 Å². The molecule has 0 fully saturated rings. The molecule has 5 aromatic rings. The second-order valence-electron chi connectivity index (χ2n) is 10.0. The van der Waals surface area contributed by atoms with Crippen LogP contribution >= 0.6 is 0 Å². The lowest BCUT2D eigenvalue weighted by atomic mass is 9.95. The highest BCUT2D eigenvalue weighted by molar-refractivity contribution is 6.19. The molecule has 41 heavy (non-hydrogen) atoms. The number of carbonyl (C=O) groups excluding carboxylic acids is 2. The fourth-order valence-corrected chi connectivity index (χ4v) is 5.37. The maximum atomic E-state index is 13.5. The van der Waals surface area contributed by atoms with Crippen molar-refractivity contribution < 1.29 is 29.4 Å². The Hall–Kier alpha value is -5.04. The number of hydrogen-bond donors (Lipinski definition) is 2. The molecular formula is C34H29NO6. The minimum atomic E-state index is -1.18. The predicted octanol–water partition coefficient (Wildman–Crippen LogP) is 7.23. The summed E-state index contributed by atoms with van der Waals surface area (Å²) in [5, 5.41) is 20.7. The first kappa shape index (κ1) is 27.5. The molecule has 0 bridgehead atoms. The maximum absolute atomic E-state index is 13.5. The van der Waals surface area contributed by atoms with Gasteiger partial charge in [-0.05, 0) is 55.0 Å². The summed E-state index contributed by atoms with van der Waals surface area (Å²) in [4.78, 5) is 50.5. The van der Waals surface area contributed by atoms with Crippen LogP contribution in [0.2, 0.25) is 0 Å². The molecule has 2 N–H and O–H groups in total. The third kappa shape index (κ3) is 5.26. The van der Waals surface area contributed by atoms with Crippen LogP contribution in [0.3, 0.4) is 0 Å². The van der Waals surface area contributed by atoms with E-state index in [1.165, 1.54) is 24.3 Å². The van der Waals surface area contributed by atoms with Crippen LogP contribution in [0.4, 0.5) is 0 Å². The molecule has 0 aliphatic rings. The highest BCUT2D eigenvalue weighted by Gasteiger charge is 2.22. The summed E-state index contributed by atoms with van der Waals surface area (Å²) < 4.78 is 2.18. The number of aryl methyl sites for hydroxylation is 1. The highest BCUT2D eigenvalue weighted by atomic mass is 16.4. The molecule has 4 aromatic carbocycles. The van der Waals surface area contributed by atoms with Gasteiger partial charge in [-0.1, -0.05) is 62.6 Å². The van der Waals surface area contributed by atoms with Gasteiger partial charge in [-0.15, -0.1) is 0 Å². The molecule has 0 saturated carbocycles. The summed E-state index contributed by atoms with van der Waals surface area (Å²) in [7, 11) is 0. The van der Waals surface area contributed by atoms with Gasteiger partial charge in [0.15, 0.2) is 11.6 Å². The first-order valence-corrected chi connectivity index (χ1v) is 13.6. The zero-order chi connectivity index (χ0) is 29.1. The Bertz CT molecular complexity index is 1700. The first-order chi connectivity index (χ1) is 19.8. The number of fused-ring (bicyclic) bond motifs is 3. The fraction of sp³-hybridized carbons (Fsp3) is 0.176. The minimum Gasteiger partial charge on any atom is -0.478 e. The SMILES string of the molecule is CCCCCCn1c2ccc(C(=O)c3ccccc3C(=O)O)cc2c2cc(C(=O)c3ccccc3C(=O)O)ccc21. The summed E-state index contributed by atoms with van der Waals surface area (Å²) in [6, 6.07) is 22.9. The number of aromatic carboxylic acids is 2. The van der Waals surface area contributed by atoms with Crippen molar-refractivity contribution in [1.29, 1.82) is 0 Å². The largest absolute Gasteiger partial charge is 0.478 e. The van der Waals surface area contributed by atoms with Crippen molar-refractivity contribution in [3.05, 3.63) is 118 Å². The molecule has 7 nitrogen and oxygen atoms in total. The zero-order valence-corrected chi connectivity index (χ0v) is 22.6. The van der Waals surface area contributed by atoms with Gasteiger partial charge in [-0.3, -0.25) is 9.59 Å². The molecule has 0 atom stereocenters. The highest BCUT2D eigenvalue weighted by Crippen LogP contribution is 2.33. The molecule has 1 aromatic heterocycles. The Kier molecular flexibility index (Phi) is 7.79. The van der Waals surface area contributed by atoms with E-state index in [0.29, 0.717) is 11.1 Å². The van der Waals surface area contributed by atoms with Crippen LogP contribution in [-0.4, -0.2) is 38.3 Å². The molecule has 0 saturated heterocycles. The number of hydrogen-bond acceptors (Lipinski definition) is 4. The van der Waals surface area contributed by atoms with Gasteiger partial charge in [0.05, 0.1) is 11.1 Å². The van der Waals surface area contributed by atoms with E-state index >= 15 is 0 Å². The van der Waals surface area contributed by atoms with Crippen LogP contribution < -0.4 is 0 Å². The van der Waals surface area contributed by atoms with E-state index in [9.17, 15) is 29.4 Å². The Balaban J connectivity index is 1.66. The van der Waals surface area contributed by atoms with Crippen LogP contribution in [0.25, 0.3) is 21.8 Å². The quantitative estimate of drug-likeness (QED) is 0.133. The van der Waals surface area contributed by atoms with E-state index in [1.54, 1.807) is 48.5 Å². The van der Waals surface area contributed by atoms with Gasteiger partial charge in [0, 0.05) is 50.6 Å². The molecule has 1 heterocycles. The monoisotopic (exact) mass is 547 g/mol. The standard InChI is InChI=1S/C34H29NO6/c1-2-3-4-9-18-35-29-16-14-21(31(36)23-10-5-7-12-25(23)33(38)39)19-27(29)28-20-22(15-17-30(28)35)32(37)24-11-6-8-13-26(24)34(40)41/h5-8,10-17,19-20H,2-4,9,18H2,1H3,(H,38,39)(H,40,41). The molecule has 0 aliphatic heterocycles. The summed E-state index contributed by atoms with van der Waals surface area (Å²) in [5.41, 5.74) is 2.54. The van der Waals surface area contributed by atoms with Gasteiger partial charge in [0.25, 0.3) is 0 Å². The number of aromatic nitrogens is 1. The second-order valence-corrected chi connectivity index (χ2v) is 10.0. The molecule has 206 valence electrons. The molecule has 0 radical (unpaired) electrons. The molecule has 0 aliphatic carbocycles. The first-order valence-electron chi connectivity index (χ1n) is 13.6. The third-order valence-corrected chi connectivity index (χ3v) is 7.43. The van der Waals surface area contributed by atoms with Gasteiger partial charge in [0.1, 0.15) is 0 Å². The van der Waals surface area contributed by atoms with Crippen LogP contribution in [0, 0.1) is 0 Å². The van der Waals surface area contributed by atoms with Crippen LogP contribution in [0.1, 0.15) is 85.2 Å². The predicted molar refractivity (Wildman–Crippen MR) is 157 cm³/mol. The van der Waals surface area contributed by atoms with Crippen LogP contribution in [0.5, 0.6) is 0 Å². The summed E-state index contributed by atoms with van der Waals surface area (Å²) in [5.74, 6) is -3.17. The molecule has 0 amide bonds. The normalized spacial score (nSPS) is 11.1. The van der Waals surface area contributed by atoms with Crippen molar-refractivity contribution in [3.63, 3.8) is 0 Å². The Morgan fingerprint density at radius 2 is 1.02 bits per heavy atom. The number of carboxylic acids is 2. The van der Waals surface area contributed by atoms with Crippen LogP contribution in [0.15, 0.2) is 84.9 Å². The number of ketones is 2. The van der Waals surface area contributed by atoms with Crippen molar-refractivity contribution >= 4 is 45.3 Å². The molecule has 7 heteroatoms. The molecule has 0 spiro atoms. The Morgan fingerprint density at radius 3 is 1.44 bits per heavy atom. The summed E-state index contributed by atoms with van der Waals surface area (Å²) in [6.45, 7) is 2.91. The van der Waals surface area contributed by atoms with Crippen molar-refractivity contribution in [2.24, 2.45) is 0 Å². The van der Waals surface area contributed by atoms with Crippen molar-refractivity contribution in [3.8, 4) is 0 Å². The maximum Gasteiger partial charge on any atom is 0.336 e. The summed E-state index contributed by atoms with van der Waals surface area (Å²) >= 11 is 0. The molecular weight excluding hydrogens is 518 g/mol. The van der Waals surface area contributed by atoms with E-state index in [-0.39, 0.29) is 22.3 Å². The van der Waals surface area contributed by atoms with Crippen molar-refractivity contribution in [1.82, 2.24) is 4.57 Å². The number of unbranched alkanes of at least 4 members (excludes halogenated alkanes) is 3. The topological polar surface area (TPSA) is 114 Å². The lowest BCUT2D eigenvalue weighted by Gasteiger charge is -2.09. The van der Waals surface area contributed by atoms with Gasteiger partial charge < -0.3 is 14.8 Å². The smallest absolute Gasteiger partial charge is 0.336 e. The average Bonchev–Trinajstić information content (AvgIpc) is 3.30. The number of benzene rings is 4. The van der Waals surface area contributed by atoms with E-state index in [4.69, 9.17) is 0 Å². The summed E-state index contributed by atoms with van der Waals surface area (Å²) in [6.07, 6.45) is 4.27. The zero-order valence-electron chi connectivity index (χ0n) is 22.6. The van der Waals surface area contributed by atoms with E-state index in [2.05, 4.69) is 11.5 Å². The van der Waals surface area contributed by atoms with Gasteiger partial charge in [-0.25, -0.2) is 9.59 Å². The van der Waals surface area contributed by atoms with Crippen molar-refractivity contribution in [2.45, 2.75) is 39.2 Å². The van der Waals surface area contributed by atoms with Gasteiger partial charge in [0.2, 0.25) is 0 Å². The molecule has 5 rings (SSSR count). The average molecular weight is 548 g/mol. The minimum absolute atomic E-state index is 0.0686. The lowest BCUT2D eigenvalue weighted by molar-refractivity contribution is 0.0683. The number of rotatable bonds is 11. The Morgan fingerprint density at radius 1 is 0.585 bits per heavy atom. The lowest BCUT2D eigenvalue weighted by Crippen LogP contribution is -2.09. The molecule has 0 unspecified atom stereocenters. The fourth-order valence-electron chi connectivity index (χ4n) is 5.37. The number of carbonyl (C=O) groups is 4. The van der Waals surface area contributed by atoms with Gasteiger partial charge in [-0.2, -0.15) is 0 Å². The third-order valence-electron chi connectivity index (χ3n) is 7.43. The van der Waals surface area contributed by atoms with E-state index in [1.807, 2.05) is 12.1 Å². The van der Waals surface area contributed by atoms with Gasteiger partial charge >= 0.3 is 11.9 Å². The number of nitrogens with zero attached hydrogens (tertiary/aromatic N) is 1. The Labute approximate surface area is 236 Å².